The second-order valence-corrected chi connectivity index (χ2v) is 4.66. The van der Waals surface area contributed by atoms with E-state index in [9.17, 15) is 0 Å². The van der Waals surface area contributed by atoms with Crippen molar-refractivity contribution in [3.05, 3.63) is 41.7 Å². The number of nitrogen functional groups attached to an aromatic ring is 1. The Kier molecular flexibility index (Phi) is 3.46. The van der Waals surface area contributed by atoms with Crippen LogP contribution < -0.4 is 11.1 Å². The molecule has 0 amide bonds. The minimum atomic E-state index is 0.388. The minimum Gasteiger partial charge on any atom is -0.399 e. The number of anilines is 3. The van der Waals surface area contributed by atoms with Crippen LogP contribution in [0.2, 0.25) is 0 Å². The third-order valence-corrected chi connectivity index (χ3v) is 2.63. The molecule has 4 heteroatoms. The van der Waals surface area contributed by atoms with Gasteiger partial charge in [-0.25, -0.2) is 9.97 Å². The molecule has 0 aliphatic heterocycles. The number of hydrogen-bond acceptors (Lipinski definition) is 4. The summed E-state index contributed by atoms with van der Waals surface area (Å²) in [5, 5.41) is 3.19. The van der Waals surface area contributed by atoms with Gasteiger partial charge < -0.3 is 11.1 Å². The van der Waals surface area contributed by atoms with Crippen molar-refractivity contribution in [1.29, 1.82) is 0 Å². The van der Waals surface area contributed by atoms with Crippen molar-refractivity contribution < 1.29 is 0 Å². The topological polar surface area (TPSA) is 63.8 Å². The van der Waals surface area contributed by atoms with Gasteiger partial charge in [-0.05, 0) is 43.2 Å². The molecular formula is C14H18N4. The first kappa shape index (κ1) is 12.4. The summed E-state index contributed by atoms with van der Waals surface area (Å²) in [7, 11) is 0. The third kappa shape index (κ3) is 2.97. The van der Waals surface area contributed by atoms with Gasteiger partial charge in [-0.3, -0.25) is 0 Å². The highest BCUT2D eigenvalue weighted by atomic mass is 15.1. The number of aromatic nitrogens is 2. The number of benzene rings is 1. The van der Waals surface area contributed by atoms with Gasteiger partial charge in [-0.1, -0.05) is 13.8 Å². The summed E-state index contributed by atoms with van der Waals surface area (Å²) in [6.45, 7) is 6.21. The largest absolute Gasteiger partial charge is 0.399 e. The van der Waals surface area contributed by atoms with Gasteiger partial charge in [-0.2, -0.15) is 0 Å². The molecule has 1 aromatic heterocycles. The molecule has 0 radical (unpaired) electrons. The van der Waals surface area contributed by atoms with Crippen LogP contribution in [-0.4, -0.2) is 9.97 Å². The predicted molar refractivity (Wildman–Crippen MR) is 75.0 cm³/mol. The first-order valence-electron chi connectivity index (χ1n) is 6.03. The molecule has 18 heavy (non-hydrogen) atoms. The fraction of sp³-hybridized carbons (Fsp3) is 0.286. The Labute approximate surface area is 107 Å². The van der Waals surface area contributed by atoms with E-state index in [0.29, 0.717) is 11.9 Å². The van der Waals surface area contributed by atoms with Gasteiger partial charge in [-0.15, -0.1) is 0 Å². The van der Waals surface area contributed by atoms with Crippen LogP contribution >= 0.6 is 0 Å². The smallest absolute Gasteiger partial charge is 0.227 e. The van der Waals surface area contributed by atoms with E-state index in [1.165, 1.54) is 0 Å². The fourth-order valence-corrected chi connectivity index (χ4v) is 1.64. The van der Waals surface area contributed by atoms with Gasteiger partial charge in [0, 0.05) is 22.8 Å². The Morgan fingerprint density at radius 1 is 1.11 bits per heavy atom. The lowest BCUT2D eigenvalue weighted by atomic mass is 10.1. The Morgan fingerprint density at radius 3 is 2.39 bits per heavy atom. The molecule has 2 aromatic rings. The number of aryl methyl sites for hydroxylation is 1. The van der Waals surface area contributed by atoms with Crippen molar-refractivity contribution in [2.45, 2.75) is 26.7 Å². The van der Waals surface area contributed by atoms with Crippen LogP contribution in [0.1, 0.15) is 31.2 Å². The summed E-state index contributed by atoms with van der Waals surface area (Å²) in [5.41, 5.74) is 9.33. The van der Waals surface area contributed by atoms with Crippen molar-refractivity contribution in [2.75, 3.05) is 11.1 Å². The van der Waals surface area contributed by atoms with Gasteiger partial charge in [0.2, 0.25) is 5.95 Å². The first-order valence-corrected chi connectivity index (χ1v) is 6.03. The molecular weight excluding hydrogens is 224 g/mol. The molecule has 2 rings (SSSR count). The van der Waals surface area contributed by atoms with Gasteiger partial charge in [0.1, 0.15) is 0 Å². The molecule has 1 heterocycles. The standard InChI is InChI=1S/C14H18N4/c1-9(2)13-8-10(3)16-14(18-13)17-12-6-4-11(15)5-7-12/h4-9H,15H2,1-3H3,(H,16,17,18). The van der Waals surface area contributed by atoms with Crippen LogP contribution in [0.4, 0.5) is 17.3 Å². The number of nitrogens with zero attached hydrogens (tertiary/aromatic N) is 2. The van der Waals surface area contributed by atoms with Crippen molar-refractivity contribution in [3.8, 4) is 0 Å². The molecule has 0 spiro atoms. The average Bonchev–Trinajstić information content (AvgIpc) is 2.31. The normalized spacial score (nSPS) is 10.7. The summed E-state index contributed by atoms with van der Waals surface area (Å²) in [5.74, 6) is 1.02. The van der Waals surface area contributed by atoms with Crippen LogP contribution in [0.5, 0.6) is 0 Å². The van der Waals surface area contributed by atoms with E-state index in [1.807, 2.05) is 37.3 Å². The zero-order valence-corrected chi connectivity index (χ0v) is 10.9. The maximum Gasteiger partial charge on any atom is 0.227 e. The second kappa shape index (κ2) is 5.04. The Bertz CT molecular complexity index is 532. The maximum absolute atomic E-state index is 5.65. The minimum absolute atomic E-state index is 0.388. The molecule has 0 aliphatic rings. The Hall–Kier alpha value is -2.10. The summed E-state index contributed by atoms with van der Waals surface area (Å²) in [6, 6.07) is 9.54. The zero-order valence-electron chi connectivity index (χ0n) is 10.9. The fourth-order valence-electron chi connectivity index (χ4n) is 1.64. The van der Waals surface area contributed by atoms with Crippen LogP contribution in [0.3, 0.4) is 0 Å². The average molecular weight is 242 g/mol. The lowest BCUT2D eigenvalue weighted by Gasteiger charge is -2.10. The van der Waals surface area contributed by atoms with Crippen LogP contribution in [0, 0.1) is 6.92 Å². The first-order chi connectivity index (χ1) is 8.54. The van der Waals surface area contributed by atoms with E-state index in [0.717, 1.165) is 22.8 Å². The SMILES string of the molecule is Cc1cc(C(C)C)nc(Nc2ccc(N)cc2)n1. The van der Waals surface area contributed by atoms with E-state index in [2.05, 4.69) is 29.1 Å². The van der Waals surface area contributed by atoms with Crippen molar-refractivity contribution in [3.63, 3.8) is 0 Å². The highest BCUT2D eigenvalue weighted by Crippen LogP contribution is 2.18. The number of nitrogens with one attached hydrogen (secondary N) is 1. The van der Waals surface area contributed by atoms with Gasteiger partial charge in [0.05, 0.1) is 0 Å². The van der Waals surface area contributed by atoms with Crippen molar-refractivity contribution >= 4 is 17.3 Å². The van der Waals surface area contributed by atoms with Crippen LogP contribution in [0.15, 0.2) is 30.3 Å². The van der Waals surface area contributed by atoms with Crippen LogP contribution in [0.25, 0.3) is 0 Å². The van der Waals surface area contributed by atoms with Crippen molar-refractivity contribution in [2.24, 2.45) is 0 Å². The molecule has 4 nitrogen and oxygen atoms in total. The number of hydrogen-bond donors (Lipinski definition) is 2. The Balaban J connectivity index is 2.26. The summed E-state index contributed by atoms with van der Waals surface area (Å²) < 4.78 is 0. The van der Waals surface area contributed by atoms with E-state index < -0.39 is 0 Å². The number of nitrogens with two attached hydrogens (primary N) is 1. The molecule has 0 fully saturated rings. The molecule has 0 saturated carbocycles. The molecule has 0 unspecified atom stereocenters. The highest BCUT2D eigenvalue weighted by Gasteiger charge is 2.05. The summed E-state index contributed by atoms with van der Waals surface area (Å²) in [4.78, 5) is 8.88. The van der Waals surface area contributed by atoms with E-state index >= 15 is 0 Å². The molecule has 0 aliphatic carbocycles. The Morgan fingerprint density at radius 2 is 1.78 bits per heavy atom. The lowest BCUT2D eigenvalue weighted by Crippen LogP contribution is -2.03. The summed E-state index contributed by atoms with van der Waals surface area (Å²) >= 11 is 0. The van der Waals surface area contributed by atoms with E-state index in [4.69, 9.17) is 5.73 Å². The van der Waals surface area contributed by atoms with Gasteiger partial charge >= 0.3 is 0 Å². The number of rotatable bonds is 3. The van der Waals surface area contributed by atoms with Crippen molar-refractivity contribution in [1.82, 2.24) is 9.97 Å². The molecule has 94 valence electrons. The molecule has 0 atom stereocenters. The van der Waals surface area contributed by atoms with Gasteiger partial charge in [0.15, 0.2) is 0 Å². The zero-order chi connectivity index (χ0) is 13.1. The quantitative estimate of drug-likeness (QED) is 0.811. The third-order valence-electron chi connectivity index (χ3n) is 2.63. The molecule has 3 N–H and O–H groups in total. The highest BCUT2D eigenvalue weighted by molar-refractivity contribution is 5.57. The second-order valence-electron chi connectivity index (χ2n) is 4.66. The molecule has 1 aromatic carbocycles. The maximum atomic E-state index is 5.65. The monoisotopic (exact) mass is 242 g/mol. The molecule has 0 saturated heterocycles. The molecule has 0 bridgehead atoms. The van der Waals surface area contributed by atoms with Gasteiger partial charge in [0.25, 0.3) is 0 Å². The van der Waals surface area contributed by atoms with E-state index in [-0.39, 0.29) is 0 Å². The predicted octanol–water partition coefficient (Wildman–Crippen LogP) is 3.23. The lowest BCUT2D eigenvalue weighted by molar-refractivity contribution is 0.812. The van der Waals surface area contributed by atoms with E-state index in [1.54, 1.807) is 0 Å². The van der Waals surface area contributed by atoms with Crippen LogP contribution in [-0.2, 0) is 0 Å². The summed E-state index contributed by atoms with van der Waals surface area (Å²) in [6.07, 6.45) is 0.